The van der Waals surface area contributed by atoms with Gasteiger partial charge in [0.1, 0.15) is 0 Å². The summed E-state index contributed by atoms with van der Waals surface area (Å²) < 4.78 is 27.8. The van der Waals surface area contributed by atoms with Crippen LogP contribution in [0.4, 0.5) is 0 Å². The summed E-state index contributed by atoms with van der Waals surface area (Å²) in [6, 6.07) is 15.2. The van der Waals surface area contributed by atoms with Crippen molar-refractivity contribution in [1.29, 1.82) is 0 Å². The molecule has 0 aliphatic carbocycles. The minimum atomic E-state index is -3.64. The van der Waals surface area contributed by atoms with E-state index in [4.69, 9.17) is 0 Å². The molecule has 1 saturated heterocycles. The topological polar surface area (TPSA) is 66.5 Å². The Morgan fingerprint density at radius 2 is 1.60 bits per heavy atom. The van der Waals surface area contributed by atoms with E-state index in [2.05, 4.69) is 4.72 Å². The standard InChI is InChI=1S/C19H22N2O3S/c1-15(16-7-3-2-4-8-16)20-25(23,24)18-11-9-17(10-12-18)19(22)21-13-5-6-14-21/h2-4,7-12,15,20H,5-6,13-14H2,1H3. The van der Waals surface area contributed by atoms with E-state index >= 15 is 0 Å². The van der Waals surface area contributed by atoms with Crippen molar-refractivity contribution in [3.8, 4) is 0 Å². The number of sulfonamides is 1. The fourth-order valence-corrected chi connectivity index (χ4v) is 4.22. The Bertz CT molecular complexity index is 827. The van der Waals surface area contributed by atoms with Gasteiger partial charge in [-0.05, 0) is 49.6 Å². The summed E-state index contributed by atoms with van der Waals surface area (Å²) in [7, 11) is -3.64. The second-order valence-electron chi connectivity index (χ2n) is 6.28. The zero-order valence-electron chi connectivity index (χ0n) is 14.2. The molecule has 2 aromatic carbocycles. The normalized spacial score (nSPS) is 16.0. The Morgan fingerprint density at radius 1 is 1.00 bits per heavy atom. The predicted molar refractivity (Wildman–Crippen MR) is 96.8 cm³/mol. The second-order valence-corrected chi connectivity index (χ2v) is 7.99. The van der Waals surface area contributed by atoms with Gasteiger partial charge in [0.25, 0.3) is 5.91 Å². The van der Waals surface area contributed by atoms with Gasteiger partial charge in [-0.15, -0.1) is 0 Å². The maximum atomic E-state index is 12.5. The smallest absolute Gasteiger partial charge is 0.253 e. The van der Waals surface area contributed by atoms with Crippen molar-refractivity contribution in [1.82, 2.24) is 9.62 Å². The first-order chi connectivity index (χ1) is 12.0. The molecule has 1 amide bonds. The highest BCUT2D eigenvalue weighted by Gasteiger charge is 2.21. The molecule has 1 aliphatic heterocycles. The monoisotopic (exact) mass is 358 g/mol. The molecule has 2 aromatic rings. The Balaban J connectivity index is 1.73. The lowest BCUT2D eigenvalue weighted by atomic mass is 10.1. The fourth-order valence-electron chi connectivity index (χ4n) is 2.99. The number of amides is 1. The van der Waals surface area contributed by atoms with Gasteiger partial charge in [-0.1, -0.05) is 30.3 Å². The molecule has 0 spiro atoms. The van der Waals surface area contributed by atoms with Crippen LogP contribution in [0.25, 0.3) is 0 Å². The molecule has 1 aliphatic rings. The van der Waals surface area contributed by atoms with Crippen LogP contribution >= 0.6 is 0 Å². The highest BCUT2D eigenvalue weighted by Crippen LogP contribution is 2.18. The molecule has 25 heavy (non-hydrogen) atoms. The van der Waals surface area contributed by atoms with Crippen LogP contribution in [-0.4, -0.2) is 32.3 Å². The number of likely N-dealkylation sites (tertiary alicyclic amines) is 1. The SMILES string of the molecule is CC(NS(=O)(=O)c1ccc(C(=O)N2CCCC2)cc1)c1ccccc1. The molecule has 6 heteroatoms. The van der Waals surface area contributed by atoms with Crippen LogP contribution in [0.1, 0.15) is 41.7 Å². The number of rotatable bonds is 5. The van der Waals surface area contributed by atoms with Crippen molar-refractivity contribution in [2.45, 2.75) is 30.7 Å². The van der Waals surface area contributed by atoms with Crippen LogP contribution in [0.15, 0.2) is 59.5 Å². The lowest BCUT2D eigenvalue weighted by Gasteiger charge is -2.16. The van der Waals surface area contributed by atoms with Crippen LogP contribution in [0.2, 0.25) is 0 Å². The number of hydrogen-bond acceptors (Lipinski definition) is 3. The summed E-state index contributed by atoms with van der Waals surface area (Å²) in [5, 5.41) is 0. The summed E-state index contributed by atoms with van der Waals surface area (Å²) in [6.07, 6.45) is 2.05. The molecule has 0 aromatic heterocycles. The van der Waals surface area contributed by atoms with Crippen molar-refractivity contribution in [3.63, 3.8) is 0 Å². The van der Waals surface area contributed by atoms with E-state index in [1.807, 2.05) is 30.3 Å². The number of carbonyl (C=O) groups is 1. The third kappa shape index (κ3) is 4.08. The molecule has 1 heterocycles. The number of hydrogen-bond donors (Lipinski definition) is 1. The van der Waals surface area contributed by atoms with E-state index in [9.17, 15) is 13.2 Å². The molecule has 1 N–H and O–H groups in total. The van der Waals surface area contributed by atoms with E-state index in [1.54, 1.807) is 24.0 Å². The molecule has 0 radical (unpaired) electrons. The van der Waals surface area contributed by atoms with Crippen LogP contribution in [0.5, 0.6) is 0 Å². The van der Waals surface area contributed by atoms with E-state index in [0.29, 0.717) is 5.56 Å². The van der Waals surface area contributed by atoms with E-state index < -0.39 is 10.0 Å². The Kier molecular flexibility index (Phi) is 5.20. The molecule has 1 atom stereocenters. The second kappa shape index (κ2) is 7.37. The van der Waals surface area contributed by atoms with Crippen LogP contribution < -0.4 is 4.72 Å². The Hall–Kier alpha value is -2.18. The van der Waals surface area contributed by atoms with Crippen LogP contribution in [0, 0.1) is 0 Å². The summed E-state index contributed by atoms with van der Waals surface area (Å²) in [5.41, 5.74) is 1.42. The van der Waals surface area contributed by atoms with Gasteiger partial charge in [0.05, 0.1) is 4.90 Å². The van der Waals surface area contributed by atoms with Gasteiger partial charge in [0.15, 0.2) is 0 Å². The molecule has 1 unspecified atom stereocenters. The number of carbonyl (C=O) groups excluding carboxylic acids is 1. The molecule has 0 bridgehead atoms. The summed E-state index contributed by atoms with van der Waals surface area (Å²) in [5.74, 6) is -0.0351. The summed E-state index contributed by atoms with van der Waals surface area (Å²) in [6.45, 7) is 3.35. The summed E-state index contributed by atoms with van der Waals surface area (Å²) in [4.78, 5) is 14.3. The first-order valence-electron chi connectivity index (χ1n) is 8.44. The van der Waals surface area contributed by atoms with E-state index in [0.717, 1.165) is 31.5 Å². The average molecular weight is 358 g/mol. The van der Waals surface area contributed by atoms with Crippen molar-refractivity contribution in [3.05, 3.63) is 65.7 Å². The number of nitrogens with zero attached hydrogens (tertiary/aromatic N) is 1. The Morgan fingerprint density at radius 3 is 2.20 bits per heavy atom. The van der Waals surface area contributed by atoms with Gasteiger partial charge < -0.3 is 4.90 Å². The zero-order chi connectivity index (χ0) is 17.9. The van der Waals surface area contributed by atoms with Crippen molar-refractivity contribution < 1.29 is 13.2 Å². The first kappa shape index (κ1) is 17.6. The van der Waals surface area contributed by atoms with Crippen LogP contribution in [0.3, 0.4) is 0 Å². The average Bonchev–Trinajstić information content (AvgIpc) is 3.16. The van der Waals surface area contributed by atoms with E-state index in [-0.39, 0.29) is 16.8 Å². The van der Waals surface area contributed by atoms with Gasteiger partial charge >= 0.3 is 0 Å². The highest BCUT2D eigenvalue weighted by atomic mass is 32.2. The Labute approximate surface area is 148 Å². The fraction of sp³-hybridized carbons (Fsp3) is 0.316. The maximum absolute atomic E-state index is 12.5. The molecule has 132 valence electrons. The maximum Gasteiger partial charge on any atom is 0.253 e. The minimum Gasteiger partial charge on any atom is -0.339 e. The zero-order valence-corrected chi connectivity index (χ0v) is 15.0. The quantitative estimate of drug-likeness (QED) is 0.894. The van der Waals surface area contributed by atoms with Gasteiger partial charge in [0.2, 0.25) is 10.0 Å². The van der Waals surface area contributed by atoms with Gasteiger partial charge in [-0.3, -0.25) is 4.79 Å². The van der Waals surface area contributed by atoms with Gasteiger partial charge in [0, 0.05) is 24.7 Å². The minimum absolute atomic E-state index is 0.0351. The molecule has 3 rings (SSSR count). The predicted octanol–water partition coefficient (Wildman–Crippen LogP) is 2.96. The molecular formula is C19H22N2O3S. The van der Waals surface area contributed by atoms with Gasteiger partial charge in [-0.2, -0.15) is 0 Å². The third-order valence-electron chi connectivity index (χ3n) is 4.44. The molecule has 5 nitrogen and oxygen atoms in total. The third-order valence-corrected chi connectivity index (χ3v) is 5.99. The largest absolute Gasteiger partial charge is 0.339 e. The highest BCUT2D eigenvalue weighted by molar-refractivity contribution is 7.89. The molecular weight excluding hydrogens is 336 g/mol. The number of benzene rings is 2. The lowest BCUT2D eigenvalue weighted by molar-refractivity contribution is 0.0792. The van der Waals surface area contributed by atoms with Crippen LogP contribution in [-0.2, 0) is 10.0 Å². The van der Waals surface area contributed by atoms with Gasteiger partial charge in [-0.25, -0.2) is 13.1 Å². The molecule has 1 fully saturated rings. The lowest BCUT2D eigenvalue weighted by Crippen LogP contribution is -2.28. The van der Waals surface area contributed by atoms with Crippen molar-refractivity contribution >= 4 is 15.9 Å². The van der Waals surface area contributed by atoms with Crippen molar-refractivity contribution in [2.24, 2.45) is 0 Å². The molecule has 0 saturated carbocycles. The summed E-state index contributed by atoms with van der Waals surface area (Å²) >= 11 is 0. The number of nitrogens with one attached hydrogen (secondary N) is 1. The first-order valence-corrected chi connectivity index (χ1v) is 9.92. The van der Waals surface area contributed by atoms with E-state index in [1.165, 1.54) is 12.1 Å². The van der Waals surface area contributed by atoms with Crippen molar-refractivity contribution in [2.75, 3.05) is 13.1 Å².